The van der Waals surface area contributed by atoms with Crippen LogP contribution in [0.2, 0.25) is 0 Å². The van der Waals surface area contributed by atoms with Crippen LogP contribution in [0.25, 0.3) is 0 Å². The van der Waals surface area contributed by atoms with Gasteiger partial charge in [0.05, 0.1) is 6.54 Å². The van der Waals surface area contributed by atoms with Crippen molar-refractivity contribution < 1.29 is 9.59 Å². The highest BCUT2D eigenvalue weighted by Crippen LogP contribution is 2.52. The molecule has 0 bridgehead atoms. The third-order valence-electron chi connectivity index (χ3n) is 5.47. The summed E-state index contributed by atoms with van der Waals surface area (Å²) in [6.45, 7) is 1.86. The lowest BCUT2D eigenvalue weighted by Crippen LogP contribution is -2.53. The monoisotopic (exact) mass is 262 g/mol. The highest BCUT2D eigenvalue weighted by atomic mass is 16.2. The fourth-order valence-corrected chi connectivity index (χ4v) is 3.77. The molecule has 104 valence electrons. The molecule has 1 aliphatic heterocycles. The SMILES string of the molecule is O=C([C@H]1C[C@H]1C1CCC1)N1CCN(C2CC2)C(=O)C1. The van der Waals surface area contributed by atoms with E-state index in [9.17, 15) is 9.59 Å². The second-order valence-electron chi connectivity index (χ2n) is 6.78. The van der Waals surface area contributed by atoms with Gasteiger partial charge in [-0.1, -0.05) is 19.3 Å². The molecule has 0 aromatic heterocycles. The molecule has 1 heterocycles. The van der Waals surface area contributed by atoms with E-state index in [0.717, 1.165) is 38.3 Å². The molecule has 4 fully saturated rings. The number of hydrogen-bond donors (Lipinski definition) is 0. The fourth-order valence-electron chi connectivity index (χ4n) is 3.77. The maximum atomic E-state index is 12.4. The zero-order valence-electron chi connectivity index (χ0n) is 11.4. The average Bonchev–Trinajstić information content (AvgIpc) is 3.20. The number of amides is 2. The van der Waals surface area contributed by atoms with Crippen LogP contribution >= 0.6 is 0 Å². The molecule has 0 radical (unpaired) electrons. The van der Waals surface area contributed by atoms with Crippen molar-refractivity contribution >= 4 is 11.8 Å². The van der Waals surface area contributed by atoms with Crippen LogP contribution in [0.4, 0.5) is 0 Å². The first-order valence-corrected chi connectivity index (χ1v) is 7.82. The standard InChI is InChI=1S/C15H22N2O2/c18-14-9-16(6-7-17(14)11-4-5-11)15(19)13-8-12(13)10-2-1-3-10/h10-13H,1-9H2/t12-,13-/m0/s1. The molecule has 4 rings (SSSR count). The number of nitrogens with zero attached hydrogens (tertiary/aromatic N) is 2. The summed E-state index contributed by atoms with van der Waals surface area (Å²) < 4.78 is 0. The van der Waals surface area contributed by atoms with Crippen LogP contribution in [0.5, 0.6) is 0 Å². The summed E-state index contributed by atoms with van der Waals surface area (Å²) in [6, 6.07) is 0.494. The topological polar surface area (TPSA) is 40.6 Å². The van der Waals surface area contributed by atoms with Crippen LogP contribution in [-0.4, -0.2) is 47.3 Å². The number of carbonyl (C=O) groups excluding carboxylic acids is 2. The molecular weight excluding hydrogens is 240 g/mol. The lowest BCUT2D eigenvalue weighted by atomic mass is 9.81. The molecule has 0 aromatic rings. The largest absolute Gasteiger partial charge is 0.336 e. The van der Waals surface area contributed by atoms with Gasteiger partial charge in [0.25, 0.3) is 0 Å². The van der Waals surface area contributed by atoms with E-state index in [1.807, 2.05) is 9.80 Å². The quantitative estimate of drug-likeness (QED) is 0.768. The second-order valence-corrected chi connectivity index (χ2v) is 6.78. The summed E-state index contributed by atoms with van der Waals surface area (Å²) in [6.07, 6.45) is 7.39. The number of carbonyl (C=O) groups is 2. The van der Waals surface area contributed by atoms with Gasteiger partial charge >= 0.3 is 0 Å². The Morgan fingerprint density at radius 1 is 1.11 bits per heavy atom. The van der Waals surface area contributed by atoms with Gasteiger partial charge in [-0.15, -0.1) is 0 Å². The Morgan fingerprint density at radius 2 is 1.89 bits per heavy atom. The Balaban J connectivity index is 1.33. The second kappa shape index (κ2) is 4.22. The van der Waals surface area contributed by atoms with Crippen LogP contribution in [0.1, 0.15) is 38.5 Å². The van der Waals surface area contributed by atoms with Gasteiger partial charge in [0, 0.05) is 25.0 Å². The normalized spacial score (nSPS) is 35.3. The predicted molar refractivity (Wildman–Crippen MR) is 70.3 cm³/mol. The van der Waals surface area contributed by atoms with Gasteiger partial charge < -0.3 is 9.80 Å². The third-order valence-corrected chi connectivity index (χ3v) is 5.47. The highest BCUT2D eigenvalue weighted by molar-refractivity contribution is 5.88. The summed E-state index contributed by atoms with van der Waals surface area (Å²) in [5.41, 5.74) is 0. The molecule has 4 heteroatoms. The van der Waals surface area contributed by atoms with Crippen molar-refractivity contribution in [2.75, 3.05) is 19.6 Å². The van der Waals surface area contributed by atoms with Crippen molar-refractivity contribution in [3.05, 3.63) is 0 Å². The Hall–Kier alpha value is -1.06. The number of rotatable bonds is 3. The number of hydrogen-bond acceptors (Lipinski definition) is 2. The molecule has 2 atom stereocenters. The molecule has 2 amide bonds. The summed E-state index contributed by atoms with van der Waals surface area (Å²) in [4.78, 5) is 28.3. The minimum atomic E-state index is 0.169. The molecule has 0 spiro atoms. The van der Waals surface area contributed by atoms with E-state index in [-0.39, 0.29) is 17.7 Å². The molecule has 0 N–H and O–H groups in total. The molecule has 4 aliphatic rings. The van der Waals surface area contributed by atoms with Crippen LogP contribution < -0.4 is 0 Å². The van der Waals surface area contributed by atoms with Crippen LogP contribution in [0.3, 0.4) is 0 Å². The van der Waals surface area contributed by atoms with Gasteiger partial charge in [-0.05, 0) is 31.1 Å². The predicted octanol–water partition coefficient (Wildman–Crippen LogP) is 1.26. The smallest absolute Gasteiger partial charge is 0.242 e. The molecular formula is C15H22N2O2. The first kappa shape index (κ1) is 11.7. The van der Waals surface area contributed by atoms with E-state index in [1.165, 1.54) is 19.3 Å². The lowest BCUT2D eigenvalue weighted by molar-refractivity contribution is -0.146. The Labute approximate surface area is 114 Å². The van der Waals surface area contributed by atoms with E-state index < -0.39 is 0 Å². The van der Waals surface area contributed by atoms with E-state index >= 15 is 0 Å². The van der Waals surface area contributed by atoms with Crippen molar-refractivity contribution in [2.45, 2.75) is 44.6 Å². The van der Waals surface area contributed by atoms with Gasteiger partial charge in [-0.25, -0.2) is 0 Å². The van der Waals surface area contributed by atoms with Crippen molar-refractivity contribution in [1.82, 2.24) is 9.80 Å². The summed E-state index contributed by atoms with van der Waals surface area (Å²) in [7, 11) is 0. The number of piperazine rings is 1. The van der Waals surface area contributed by atoms with Gasteiger partial charge in [0.15, 0.2) is 0 Å². The maximum absolute atomic E-state index is 12.4. The van der Waals surface area contributed by atoms with Gasteiger partial charge in [-0.2, -0.15) is 0 Å². The molecule has 1 saturated heterocycles. The van der Waals surface area contributed by atoms with Gasteiger partial charge in [0.1, 0.15) is 0 Å². The molecule has 0 unspecified atom stereocenters. The minimum absolute atomic E-state index is 0.169. The van der Waals surface area contributed by atoms with E-state index in [2.05, 4.69) is 0 Å². The fraction of sp³-hybridized carbons (Fsp3) is 0.867. The first-order valence-electron chi connectivity index (χ1n) is 7.82. The van der Waals surface area contributed by atoms with E-state index in [1.54, 1.807) is 0 Å². The zero-order valence-corrected chi connectivity index (χ0v) is 11.4. The van der Waals surface area contributed by atoms with E-state index in [0.29, 0.717) is 18.5 Å². The van der Waals surface area contributed by atoms with Gasteiger partial charge in [-0.3, -0.25) is 9.59 Å². The van der Waals surface area contributed by atoms with Gasteiger partial charge in [0.2, 0.25) is 11.8 Å². The van der Waals surface area contributed by atoms with Crippen LogP contribution in [-0.2, 0) is 9.59 Å². The lowest BCUT2D eigenvalue weighted by Gasteiger charge is -2.35. The molecule has 0 aromatic carbocycles. The average molecular weight is 262 g/mol. The highest BCUT2D eigenvalue weighted by Gasteiger charge is 2.51. The van der Waals surface area contributed by atoms with Crippen molar-refractivity contribution in [3.8, 4) is 0 Å². The molecule has 4 nitrogen and oxygen atoms in total. The Kier molecular flexibility index (Phi) is 2.61. The third kappa shape index (κ3) is 2.05. The minimum Gasteiger partial charge on any atom is -0.336 e. The van der Waals surface area contributed by atoms with Crippen LogP contribution in [0, 0.1) is 17.8 Å². The van der Waals surface area contributed by atoms with E-state index in [4.69, 9.17) is 0 Å². The van der Waals surface area contributed by atoms with Crippen molar-refractivity contribution in [2.24, 2.45) is 17.8 Å². The molecule has 3 saturated carbocycles. The first-order chi connectivity index (χ1) is 9.24. The molecule has 3 aliphatic carbocycles. The molecule has 19 heavy (non-hydrogen) atoms. The summed E-state index contributed by atoms with van der Waals surface area (Å²) in [5.74, 6) is 2.16. The van der Waals surface area contributed by atoms with Crippen LogP contribution in [0.15, 0.2) is 0 Å². The Bertz CT molecular complexity index is 414. The van der Waals surface area contributed by atoms with Crippen molar-refractivity contribution in [1.29, 1.82) is 0 Å². The maximum Gasteiger partial charge on any atom is 0.242 e. The zero-order chi connectivity index (χ0) is 13.0. The van der Waals surface area contributed by atoms with Crippen molar-refractivity contribution in [3.63, 3.8) is 0 Å². The summed E-state index contributed by atoms with van der Waals surface area (Å²) in [5, 5.41) is 0. The Morgan fingerprint density at radius 3 is 2.47 bits per heavy atom. The summed E-state index contributed by atoms with van der Waals surface area (Å²) >= 11 is 0.